The van der Waals surface area contributed by atoms with Gasteiger partial charge in [0, 0.05) is 0 Å². The van der Waals surface area contributed by atoms with Crippen LogP contribution in [0, 0.1) is 11.8 Å². The molecule has 1 fully saturated rings. The van der Waals surface area contributed by atoms with Gasteiger partial charge in [-0.1, -0.05) is 41.6 Å². The van der Waals surface area contributed by atoms with Crippen LogP contribution in [0.4, 0.5) is 0 Å². The fourth-order valence-corrected chi connectivity index (χ4v) is 2.19. The molecule has 16 heavy (non-hydrogen) atoms. The van der Waals surface area contributed by atoms with Crippen molar-refractivity contribution in [3.05, 3.63) is 42.0 Å². The average Bonchev–Trinajstić information content (AvgIpc) is 2.98. The lowest BCUT2D eigenvalue weighted by Gasteiger charge is -2.02. The van der Waals surface area contributed by atoms with E-state index < -0.39 is 0 Å². The molecule has 2 atom stereocenters. The van der Waals surface area contributed by atoms with Gasteiger partial charge in [-0.25, -0.2) is 0 Å². The van der Waals surface area contributed by atoms with E-state index in [-0.39, 0.29) is 0 Å². The highest BCUT2D eigenvalue weighted by atomic mass is 16.4. The van der Waals surface area contributed by atoms with Crippen LogP contribution in [0.1, 0.15) is 18.4 Å². The molecular formula is C13H16N2O. The highest BCUT2D eigenvalue weighted by molar-refractivity contribution is 5.69. The first kappa shape index (κ1) is 10.7. The molecule has 0 spiro atoms. The topological polar surface area (TPSA) is 58.6 Å². The van der Waals surface area contributed by atoms with Crippen LogP contribution in [0.25, 0.3) is 5.57 Å². The van der Waals surface area contributed by atoms with E-state index in [4.69, 9.17) is 5.21 Å². The number of rotatable bonds is 1. The first-order valence-corrected chi connectivity index (χ1v) is 5.49. The van der Waals surface area contributed by atoms with Gasteiger partial charge < -0.3 is 10.9 Å². The van der Waals surface area contributed by atoms with Crippen molar-refractivity contribution in [3.63, 3.8) is 0 Å². The van der Waals surface area contributed by atoms with Crippen LogP contribution in [0.5, 0.6) is 0 Å². The van der Waals surface area contributed by atoms with E-state index in [1.165, 1.54) is 18.4 Å². The fraction of sp³-hybridized carbons (Fsp3) is 0.308. The van der Waals surface area contributed by atoms with Crippen LogP contribution < -0.4 is 5.73 Å². The van der Waals surface area contributed by atoms with Gasteiger partial charge in [0.1, 0.15) is 6.34 Å². The van der Waals surface area contributed by atoms with Crippen LogP contribution in [0.15, 0.2) is 41.6 Å². The van der Waals surface area contributed by atoms with Crippen LogP contribution in [-0.4, -0.2) is 11.5 Å². The van der Waals surface area contributed by atoms with E-state index in [1.54, 1.807) is 5.57 Å². The van der Waals surface area contributed by atoms with E-state index >= 15 is 0 Å². The second kappa shape index (κ2) is 4.84. The number of nitrogens with zero attached hydrogens (tertiary/aromatic N) is 1. The Kier molecular flexibility index (Phi) is 3.25. The molecule has 1 saturated carbocycles. The van der Waals surface area contributed by atoms with E-state index in [9.17, 15) is 0 Å². The maximum Gasteiger partial charge on any atom is 0.125 e. The van der Waals surface area contributed by atoms with Crippen molar-refractivity contribution >= 4 is 11.9 Å². The first-order valence-electron chi connectivity index (χ1n) is 5.49. The minimum absolute atomic E-state index is 0.806. The van der Waals surface area contributed by atoms with Crippen LogP contribution in [0.2, 0.25) is 0 Å². The highest BCUT2D eigenvalue weighted by Gasteiger charge is 2.40. The summed E-state index contributed by atoms with van der Waals surface area (Å²) in [5.41, 5.74) is 7.50. The molecule has 0 heterocycles. The Labute approximate surface area is 95.3 Å². The van der Waals surface area contributed by atoms with Gasteiger partial charge >= 0.3 is 0 Å². The van der Waals surface area contributed by atoms with Crippen molar-refractivity contribution in [2.24, 2.45) is 22.7 Å². The van der Waals surface area contributed by atoms with E-state index in [1.807, 2.05) is 0 Å². The Balaban J connectivity index is 0.000000212. The number of oxime groups is 1. The van der Waals surface area contributed by atoms with Gasteiger partial charge in [0.15, 0.2) is 0 Å². The maximum atomic E-state index is 7.32. The number of nitrogens with two attached hydrogens (primary N) is 1. The van der Waals surface area contributed by atoms with Gasteiger partial charge in [0.05, 0.1) is 0 Å². The molecule has 3 heteroatoms. The zero-order valence-electron chi connectivity index (χ0n) is 9.08. The Bertz CT molecular complexity index is 394. The Morgan fingerprint density at radius 1 is 1.31 bits per heavy atom. The van der Waals surface area contributed by atoms with Gasteiger partial charge in [-0.15, -0.1) is 0 Å². The largest absolute Gasteiger partial charge is 0.410 e. The number of hydrogen-bond acceptors (Lipinski definition) is 2. The molecule has 1 aromatic carbocycles. The van der Waals surface area contributed by atoms with Crippen molar-refractivity contribution in [1.29, 1.82) is 0 Å². The molecule has 84 valence electrons. The molecule has 2 aliphatic carbocycles. The zero-order valence-corrected chi connectivity index (χ0v) is 9.08. The SMILES string of the molecule is C1=C(c2ccccc2)CC2CC12.N/C=N\O. The molecule has 1 aromatic rings. The molecule has 0 aromatic heterocycles. The normalized spacial score (nSPS) is 25.6. The predicted octanol–water partition coefficient (Wildman–Crippen LogP) is 2.47. The van der Waals surface area contributed by atoms with E-state index in [0.29, 0.717) is 0 Å². The first-order chi connectivity index (χ1) is 7.85. The molecule has 0 aliphatic heterocycles. The summed E-state index contributed by atoms with van der Waals surface area (Å²) in [7, 11) is 0. The number of allylic oxidation sites excluding steroid dienone is 2. The van der Waals surface area contributed by atoms with Crippen LogP contribution in [0.3, 0.4) is 0 Å². The van der Waals surface area contributed by atoms with Crippen molar-refractivity contribution in [2.75, 3.05) is 0 Å². The van der Waals surface area contributed by atoms with Crippen LogP contribution >= 0.6 is 0 Å². The summed E-state index contributed by atoms with van der Waals surface area (Å²) in [6, 6.07) is 10.8. The molecule has 2 aliphatic rings. The lowest BCUT2D eigenvalue weighted by Crippen LogP contribution is -1.85. The minimum atomic E-state index is 0.806. The number of benzene rings is 1. The summed E-state index contributed by atoms with van der Waals surface area (Å²) in [6.07, 6.45) is 6.06. The van der Waals surface area contributed by atoms with Crippen molar-refractivity contribution in [3.8, 4) is 0 Å². The molecule has 3 N–H and O–H groups in total. The Morgan fingerprint density at radius 3 is 2.50 bits per heavy atom. The molecule has 3 nitrogen and oxygen atoms in total. The average molecular weight is 216 g/mol. The Morgan fingerprint density at radius 2 is 2.00 bits per heavy atom. The molecule has 0 radical (unpaired) electrons. The molecular weight excluding hydrogens is 200 g/mol. The maximum absolute atomic E-state index is 7.32. The third-order valence-corrected chi connectivity index (χ3v) is 3.09. The quantitative estimate of drug-likeness (QED) is 0.328. The molecule has 0 bridgehead atoms. The summed E-state index contributed by atoms with van der Waals surface area (Å²) in [5, 5.41) is 9.71. The second-order valence-electron chi connectivity index (χ2n) is 4.19. The van der Waals surface area contributed by atoms with E-state index in [0.717, 1.165) is 18.2 Å². The fourth-order valence-electron chi connectivity index (χ4n) is 2.19. The number of fused-ring (bicyclic) bond motifs is 1. The summed E-state index contributed by atoms with van der Waals surface area (Å²) in [6.45, 7) is 0. The monoisotopic (exact) mass is 216 g/mol. The summed E-state index contributed by atoms with van der Waals surface area (Å²) in [5.74, 6) is 1.96. The lowest BCUT2D eigenvalue weighted by atomic mass is 10.0. The van der Waals surface area contributed by atoms with Gasteiger partial charge in [-0.2, -0.15) is 0 Å². The van der Waals surface area contributed by atoms with Crippen molar-refractivity contribution < 1.29 is 5.21 Å². The standard InChI is InChI=1S/C12H12.CH4N2O/c1-2-4-9(5-3-1)10-6-11-8-12(11)7-10;2-1-3-4/h1-6,11-12H,7-8H2;1,4H,(H2,2,3). The van der Waals surface area contributed by atoms with Crippen molar-refractivity contribution in [1.82, 2.24) is 0 Å². The number of hydrogen-bond donors (Lipinski definition) is 2. The predicted molar refractivity (Wildman–Crippen MR) is 65.1 cm³/mol. The van der Waals surface area contributed by atoms with Crippen molar-refractivity contribution in [2.45, 2.75) is 12.8 Å². The summed E-state index contributed by atoms with van der Waals surface area (Å²) >= 11 is 0. The third kappa shape index (κ3) is 2.42. The Hall–Kier alpha value is -1.77. The molecule has 0 amide bonds. The van der Waals surface area contributed by atoms with Gasteiger partial charge in [0.2, 0.25) is 0 Å². The van der Waals surface area contributed by atoms with Crippen LogP contribution in [-0.2, 0) is 0 Å². The van der Waals surface area contributed by atoms with E-state index in [2.05, 4.69) is 47.3 Å². The molecule has 3 rings (SSSR count). The second-order valence-corrected chi connectivity index (χ2v) is 4.19. The zero-order chi connectivity index (χ0) is 11.4. The third-order valence-electron chi connectivity index (χ3n) is 3.09. The van der Waals surface area contributed by atoms with Gasteiger partial charge in [-0.3, -0.25) is 0 Å². The lowest BCUT2D eigenvalue weighted by molar-refractivity contribution is 0.321. The molecule has 2 unspecified atom stereocenters. The summed E-state index contributed by atoms with van der Waals surface area (Å²) in [4.78, 5) is 0. The highest BCUT2D eigenvalue weighted by Crippen LogP contribution is 2.52. The molecule has 0 saturated heterocycles. The smallest absolute Gasteiger partial charge is 0.125 e. The summed E-state index contributed by atoms with van der Waals surface area (Å²) < 4.78 is 0. The van der Waals surface area contributed by atoms with Gasteiger partial charge in [-0.05, 0) is 35.8 Å². The minimum Gasteiger partial charge on any atom is -0.410 e. The van der Waals surface area contributed by atoms with Gasteiger partial charge in [0.25, 0.3) is 0 Å².